The van der Waals surface area contributed by atoms with Crippen LogP contribution in [-0.4, -0.2) is 42.5 Å². The van der Waals surface area contributed by atoms with Crippen LogP contribution in [0.15, 0.2) is 11.2 Å². The minimum absolute atomic E-state index is 0.550. The number of methoxy groups -OCH3 is 1. The fourth-order valence-corrected chi connectivity index (χ4v) is 2.22. The van der Waals surface area contributed by atoms with E-state index >= 15 is 0 Å². The van der Waals surface area contributed by atoms with E-state index in [1.165, 1.54) is 24.6 Å². The van der Waals surface area contributed by atoms with Crippen LogP contribution in [0, 0.1) is 0 Å². The van der Waals surface area contributed by atoms with Gasteiger partial charge in [0, 0.05) is 18.7 Å². The van der Waals surface area contributed by atoms with Crippen LogP contribution in [0.2, 0.25) is 0 Å². The molecule has 2 heterocycles. The lowest BCUT2D eigenvalue weighted by Gasteiger charge is -2.12. The molecule has 1 atom stereocenters. The van der Waals surface area contributed by atoms with Gasteiger partial charge in [-0.3, -0.25) is 0 Å². The Morgan fingerprint density at radius 1 is 1.59 bits per heavy atom. The summed E-state index contributed by atoms with van der Waals surface area (Å²) in [6, 6.07) is 2.38. The molecule has 5 nitrogen and oxygen atoms in total. The van der Waals surface area contributed by atoms with Crippen molar-refractivity contribution in [2.75, 3.05) is 31.8 Å². The molecule has 1 aromatic rings. The number of hydrogen-bond donors (Lipinski definition) is 2. The molecule has 1 fully saturated rings. The average molecular weight is 254 g/mol. The molecule has 1 unspecified atom stereocenters. The fourth-order valence-electron chi connectivity index (χ4n) is 1.85. The molecule has 0 bridgehead atoms. The number of nitrogens with zero attached hydrogens (tertiary/aromatic N) is 2. The van der Waals surface area contributed by atoms with Gasteiger partial charge in [-0.15, -0.1) is 0 Å². The highest BCUT2D eigenvalue weighted by Gasteiger charge is 2.14. The van der Waals surface area contributed by atoms with Crippen molar-refractivity contribution in [3.8, 4) is 5.88 Å². The third-order valence-electron chi connectivity index (χ3n) is 2.77. The molecule has 6 heteroatoms. The lowest BCUT2D eigenvalue weighted by molar-refractivity contribution is 0.392. The Labute approximate surface area is 106 Å². The Morgan fingerprint density at radius 3 is 3.12 bits per heavy atom. The number of nitrogens with one attached hydrogen (secondary N) is 2. The molecule has 2 rings (SSSR count). The molecule has 0 aliphatic carbocycles. The zero-order chi connectivity index (χ0) is 12.1. The number of anilines is 1. The summed E-state index contributed by atoms with van der Waals surface area (Å²) in [7, 11) is 1.62. The van der Waals surface area contributed by atoms with Crippen molar-refractivity contribution in [1.29, 1.82) is 0 Å². The van der Waals surface area contributed by atoms with Crippen LogP contribution < -0.4 is 15.4 Å². The molecule has 0 aromatic carbocycles. The number of ether oxygens (including phenoxy) is 1. The molecule has 17 heavy (non-hydrogen) atoms. The van der Waals surface area contributed by atoms with Crippen molar-refractivity contribution in [2.24, 2.45) is 0 Å². The van der Waals surface area contributed by atoms with Crippen LogP contribution in [0.5, 0.6) is 5.88 Å². The zero-order valence-electron chi connectivity index (χ0n) is 10.2. The van der Waals surface area contributed by atoms with Gasteiger partial charge in [0.15, 0.2) is 5.16 Å². The third-order valence-corrected chi connectivity index (χ3v) is 3.31. The molecule has 1 saturated heterocycles. The Balaban J connectivity index is 1.98. The van der Waals surface area contributed by atoms with Crippen LogP contribution in [0.4, 0.5) is 5.82 Å². The highest BCUT2D eigenvalue weighted by atomic mass is 32.2. The standard InChI is InChI=1S/C11H18N4OS/c1-16-10-6-9(14-11(15-10)17-2)13-7-8-4-3-5-12-8/h6,8,12H,3-5,7H2,1-2H3,(H,13,14,15). The van der Waals surface area contributed by atoms with Crippen molar-refractivity contribution < 1.29 is 4.74 Å². The molecule has 0 spiro atoms. The highest BCUT2D eigenvalue weighted by molar-refractivity contribution is 7.98. The van der Waals surface area contributed by atoms with Crippen molar-refractivity contribution in [3.63, 3.8) is 0 Å². The third kappa shape index (κ3) is 3.47. The molecular weight excluding hydrogens is 236 g/mol. The first kappa shape index (κ1) is 12.4. The van der Waals surface area contributed by atoms with Gasteiger partial charge in [-0.2, -0.15) is 4.98 Å². The molecule has 0 radical (unpaired) electrons. The van der Waals surface area contributed by atoms with E-state index in [9.17, 15) is 0 Å². The van der Waals surface area contributed by atoms with Crippen molar-refractivity contribution in [2.45, 2.75) is 24.0 Å². The molecule has 0 saturated carbocycles. The van der Waals surface area contributed by atoms with Crippen LogP contribution in [0.25, 0.3) is 0 Å². The lowest BCUT2D eigenvalue weighted by Crippen LogP contribution is -2.29. The second kappa shape index (κ2) is 6.07. The first-order valence-corrected chi connectivity index (χ1v) is 6.98. The lowest BCUT2D eigenvalue weighted by atomic mass is 10.2. The molecule has 94 valence electrons. The van der Waals surface area contributed by atoms with E-state index in [-0.39, 0.29) is 0 Å². The van der Waals surface area contributed by atoms with E-state index in [1.807, 2.05) is 12.3 Å². The number of thioether (sulfide) groups is 1. The van der Waals surface area contributed by atoms with Crippen LogP contribution >= 0.6 is 11.8 Å². The van der Waals surface area contributed by atoms with Gasteiger partial charge in [0.25, 0.3) is 0 Å². The maximum atomic E-state index is 5.15. The first-order valence-electron chi connectivity index (χ1n) is 5.76. The van der Waals surface area contributed by atoms with Gasteiger partial charge in [0.1, 0.15) is 5.82 Å². The van der Waals surface area contributed by atoms with Gasteiger partial charge in [0.05, 0.1) is 7.11 Å². The van der Waals surface area contributed by atoms with Gasteiger partial charge in [-0.25, -0.2) is 4.98 Å². The molecule has 1 aromatic heterocycles. The summed E-state index contributed by atoms with van der Waals surface area (Å²) in [5, 5.41) is 7.50. The van der Waals surface area contributed by atoms with E-state index in [2.05, 4.69) is 20.6 Å². The number of hydrogen-bond acceptors (Lipinski definition) is 6. The van der Waals surface area contributed by atoms with E-state index in [4.69, 9.17) is 4.74 Å². The zero-order valence-corrected chi connectivity index (χ0v) is 11.0. The smallest absolute Gasteiger partial charge is 0.219 e. The maximum absolute atomic E-state index is 5.15. The topological polar surface area (TPSA) is 59.1 Å². The quantitative estimate of drug-likeness (QED) is 0.611. The van der Waals surface area contributed by atoms with Crippen molar-refractivity contribution in [3.05, 3.63) is 6.07 Å². The second-order valence-electron chi connectivity index (χ2n) is 3.96. The van der Waals surface area contributed by atoms with E-state index in [0.29, 0.717) is 11.9 Å². The molecule has 0 amide bonds. The fraction of sp³-hybridized carbons (Fsp3) is 0.636. The predicted octanol–water partition coefficient (Wildman–Crippen LogP) is 1.37. The maximum Gasteiger partial charge on any atom is 0.219 e. The van der Waals surface area contributed by atoms with Gasteiger partial charge in [-0.05, 0) is 25.6 Å². The molecule has 1 aliphatic heterocycles. The minimum atomic E-state index is 0.550. The molecule has 1 aliphatic rings. The SMILES string of the molecule is COc1cc(NCC2CCCN2)nc(SC)n1. The van der Waals surface area contributed by atoms with E-state index in [0.717, 1.165) is 24.1 Å². The first-order chi connectivity index (χ1) is 8.31. The summed E-state index contributed by atoms with van der Waals surface area (Å²) in [6.45, 7) is 2.02. The van der Waals surface area contributed by atoms with E-state index in [1.54, 1.807) is 7.11 Å². The van der Waals surface area contributed by atoms with Crippen molar-refractivity contribution >= 4 is 17.6 Å². The minimum Gasteiger partial charge on any atom is -0.481 e. The Morgan fingerprint density at radius 2 is 2.47 bits per heavy atom. The van der Waals surface area contributed by atoms with Crippen LogP contribution in [0.3, 0.4) is 0 Å². The summed E-state index contributed by atoms with van der Waals surface area (Å²) in [5.74, 6) is 1.43. The molecule has 2 N–H and O–H groups in total. The van der Waals surface area contributed by atoms with Crippen LogP contribution in [-0.2, 0) is 0 Å². The van der Waals surface area contributed by atoms with Gasteiger partial charge in [-0.1, -0.05) is 11.8 Å². The predicted molar refractivity (Wildman–Crippen MR) is 69.9 cm³/mol. The second-order valence-corrected chi connectivity index (χ2v) is 4.73. The number of aromatic nitrogens is 2. The largest absolute Gasteiger partial charge is 0.481 e. The summed E-state index contributed by atoms with van der Waals surface area (Å²) in [5.41, 5.74) is 0. The van der Waals surface area contributed by atoms with Gasteiger partial charge in [0.2, 0.25) is 5.88 Å². The van der Waals surface area contributed by atoms with E-state index < -0.39 is 0 Å². The van der Waals surface area contributed by atoms with Gasteiger partial charge < -0.3 is 15.4 Å². The summed E-state index contributed by atoms with van der Waals surface area (Å²) in [6.07, 6.45) is 4.44. The summed E-state index contributed by atoms with van der Waals surface area (Å²) >= 11 is 1.51. The summed E-state index contributed by atoms with van der Waals surface area (Å²) in [4.78, 5) is 8.62. The molecular formula is C11H18N4OS. The van der Waals surface area contributed by atoms with Crippen molar-refractivity contribution in [1.82, 2.24) is 15.3 Å². The average Bonchev–Trinajstić information content (AvgIpc) is 2.89. The Bertz CT molecular complexity index is 346. The van der Waals surface area contributed by atoms with Crippen LogP contribution in [0.1, 0.15) is 12.8 Å². The monoisotopic (exact) mass is 254 g/mol. The Hall–Kier alpha value is -1.01. The number of rotatable bonds is 5. The summed E-state index contributed by atoms with van der Waals surface area (Å²) < 4.78 is 5.15. The van der Waals surface area contributed by atoms with Gasteiger partial charge >= 0.3 is 0 Å². The Kier molecular flexibility index (Phi) is 4.44. The highest BCUT2D eigenvalue weighted by Crippen LogP contribution is 2.18. The normalized spacial score (nSPS) is 19.3.